The van der Waals surface area contributed by atoms with Crippen molar-refractivity contribution in [1.82, 2.24) is 14.5 Å². The summed E-state index contributed by atoms with van der Waals surface area (Å²) in [5.74, 6) is -0.00169. The molecule has 0 unspecified atom stereocenters. The summed E-state index contributed by atoms with van der Waals surface area (Å²) in [5.41, 5.74) is 0.821. The highest BCUT2D eigenvalue weighted by molar-refractivity contribution is 7.89. The summed E-state index contributed by atoms with van der Waals surface area (Å²) >= 11 is 0. The van der Waals surface area contributed by atoms with E-state index in [1.165, 1.54) is 35.0 Å². The van der Waals surface area contributed by atoms with Gasteiger partial charge in [-0.1, -0.05) is 6.07 Å². The van der Waals surface area contributed by atoms with Crippen molar-refractivity contribution < 1.29 is 27.1 Å². The normalized spacial score (nSPS) is 15.2. The van der Waals surface area contributed by atoms with E-state index in [1.54, 1.807) is 24.3 Å². The molecule has 4 rings (SSSR count). The van der Waals surface area contributed by atoms with Crippen molar-refractivity contribution in [3.8, 4) is 17.2 Å². The second-order valence-corrected chi connectivity index (χ2v) is 8.14. The van der Waals surface area contributed by atoms with E-state index < -0.39 is 16.0 Å². The van der Waals surface area contributed by atoms with Gasteiger partial charge in [-0.05, 0) is 42.5 Å². The van der Waals surface area contributed by atoms with Crippen LogP contribution in [0.1, 0.15) is 10.4 Å². The van der Waals surface area contributed by atoms with Crippen molar-refractivity contribution in [3.05, 3.63) is 60.5 Å². The van der Waals surface area contributed by atoms with Crippen molar-refractivity contribution >= 4 is 16.0 Å². The Kier molecular flexibility index (Phi) is 5.38. The van der Waals surface area contributed by atoms with E-state index in [-0.39, 0.29) is 23.5 Å². The van der Waals surface area contributed by atoms with Crippen LogP contribution >= 0.6 is 0 Å². The van der Waals surface area contributed by atoms with Gasteiger partial charge in [-0.2, -0.15) is 4.31 Å². The summed E-state index contributed by atoms with van der Waals surface area (Å²) in [5, 5.41) is 7.41. The minimum atomic E-state index is -3.70. The quantitative estimate of drug-likeness (QED) is 0.459. The van der Waals surface area contributed by atoms with Gasteiger partial charge in [0, 0.05) is 18.7 Å². The molecule has 1 aromatic heterocycles. The fourth-order valence-corrected chi connectivity index (χ4v) is 4.30. The number of rotatable bonds is 5. The van der Waals surface area contributed by atoms with E-state index in [0.717, 1.165) is 0 Å². The zero-order chi connectivity index (χ0) is 20.3. The number of hydrogen-bond acceptors (Lipinski definition) is 8. The van der Waals surface area contributed by atoms with Crippen LogP contribution < -0.4 is 4.74 Å². The third-order valence-electron chi connectivity index (χ3n) is 4.35. The molecule has 2 heterocycles. The van der Waals surface area contributed by atoms with Crippen LogP contribution in [0.3, 0.4) is 0 Å². The van der Waals surface area contributed by atoms with Gasteiger partial charge in [0.25, 0.3) is 0 Å². The molecule has 10 heteroatoms. The molecule has 0 amide bonds. The standard InChI is InChI=1S/C19H17N3O6S/c23-19(28-16-6-4-14(5-7-16)18-21-20-13-27-18)15-2-1-3-17(12-15)29(24,25)22-8-10-26-11-9-22/h1-7,12-13H,8-11H2. The first-order chi connectivity index (χ1) is 14.0. The first kappa shape index (κ1) is 19.2. The number of ether oxygens (including phenoxy) is 2. The molecule has 1 aliphatic rings. The van der Waals surface area contributed by atoms with Gasteiger partial charge in [0.1, 0.15) is 5.75 Å². The molecule has 0 radical (unpaired) electrons. The van der Waals surface area contributed by atoms with Crippen molar-refractivity contribution in [2.45, 2.75) is 4.90 Å². The molecule has 1 saturated heterocycles. The van der Waals surface area contributed by atoms with Crippen LogP contribution in [0, 0.1) is 0 Å². The first-order valence-electron chi connectivity index (χ1n) is 8.81. The van der Waals surface area contributed by atoms with Crippen molar-refractivity contribution in [2.75, 3.05) is 26.3 Å². The number of carbonyl (C=O) groups excluding carboxylic acids is 1. The van der Waals surface area contributed by atoms with Crippen LogP contribution in [0.25, 0.3) is 11.5 Å². The van der Waals surface area contributed by atoms with Gasteiger partial charge in [-0.15, -0.1) is 10.2 Å². The van der Waals surface area contributed by atoms with E-state index in [1.807, 2.05) is 0 Å². The van der Waals surface area contributed by atoms with E-state index in [2.05, 4.69) is 10.2 Å². The van der Waals surface area contributed by atoms with Crippen LogP contribution in [0.5, 0.6) is 5.75 Å². The maximum Gasteiger partial charge on any atom is 0.343 e. The minimum Gasteiger partial charge on any atom is -0.423 e. The van der Waals surface area contributed by atoms with Crippen LogP contribution in [-0.2, 0) is 14.8 Å². The SMILES string of the molecule is O=C(Oc1ccc(-c2nnco2)cc1)c1cccc(S(=O)(=O)N2CCOCC2)c1. The zero-order valence-corrected chi connectivity index (χ0v) is 16.0. The van der Waals surface area contributed by atoms with Crippen molar-refractivity contribution in [1.29, 1.82) is 0 Å². The Morgan fingerprint density at radius 2 is 1.83 bits per heavy atom. The third kappa shape index (κ3) is 4.19. The summed E-state index contributed by atoms with van der Waals surface area (Å²) in [6.45, 7) is 1.26. The molecule has 0 spiro atoms. The predicted octanol–water partition coefficient (Wildman–Crippen LogP) is 1.98. The molecule has 0 bridgehead atoms. The molecule has 0 atom stereocenters. The maximum absolute atomic E-state index is 12.8. The van der Waals surface area contributed by atoms with Gasteiger partial charge in [-0.3, -0.25) is 0 Å². The Labute approximate surface area is 166 Å². The van der Waals surface area contributed by atoms with Crippen LogP contribution in [0.4, 0.5) is 0 Å². The topological polar surface area (TPSA) is 112 Å². The van der Waals surface area contributed by atoms with E-state index in [0.29, 0.717) is 30.4 Å². The molecule has 150 valence electrons. The van der Waals surface area contributed by atoms with Gasteiger partial charge >= 0.3 is 5.97 Å². The number of nitrogens with zero attached hydrogens (tertiary/aromatic N) is 3. The van der Waals surface area contributed by atoms with Crippen molar-refractivity contribution in [2.24, 2.45) is 0 Å². The third-order valence-corrected chi connectivity index (χ3v) is 6.24. The highest BCUT2D eigenvalue weighted by Gasteiger charge is 2.27. The second kappa shape index (κ2) is 8.11. The Balaban J connectivity index is 1.50. The molecule has 2 aromatic carbocycles. The van der Waals surface area contributed by atoms with Crippen LogP contribution in [0.2, 0.25) is 0 Å². The number of esters is 1. The molecule has 3 aromatic rings. The summed E-state index contributed by atoms with van der Waals surface area (Å²) in [7, 11) is -3.70. The highest BCUT2D eigenvalue weighted by atomic mass is 32.2. The molecule has 1 aliphatic heterocycles. The van der Waals surface area contributed by atoms with Gasteiger partial charge < -0.3 is 13.9 Å². The number of sulfonamides is 1. The number of hydrogen-bond donors (Lipinski definition) is 0. The van der Waals surface area contributed by atoms with Crippen molar-refractivity contribution in [3.63, 3.8) is 0 Å². The molecular weight excluding hydrogens is 398 g/mol. The predicted molar refractivity (Wildman–Crippen MR) is 101 cm³/mol. The van der Waals surface area contributed by atoms with Gasteiger partial charge in [0.05, 0.1) is 23.7 Å². The zero-order valence-electron chi connectivity index (χ0n) is 15.2. The molecule has 9 nitrogen and oxygen atoms in total. The Bertz CT molecular complexity index is 1090. The van der Waals surface area contributed by atoms with E-state index >= 15 is 0 Å². The number of carbonyl (C=O) groups is 1. The Hall–Kier alpha value is -3.08. The average Bonchev–Trinajstić information content (AvgIpc) is 3.30. The largest absolute Gasteiger partial charge is 0.423 e. The number of aromatic nitrogens is 2. The van der Waals surface area contributed by atoms with Gasteiger partial charge in [-0.25, -0.2) is 13.2 Å². The van der Waals surface area contributed by atoms with Crippen LogP contribution in [0.15, 0.2) is 64.2 Å². The maximum atomic E-state index is 12.8. The first-order valence-corrected chi connectivity index (χ1v) is 10.2. The lowest BCUT2D eigenvalue weighted by atomic mass is 10.2. The molecule has 29 heavy (non-hydrogen) atoms. The fourth-order valence-electron chi connectivity index (χ4n) is 2.85. The summed E-state index contributed by atoms with van der Waals surface area (Å²) < 4.78 is 42.5. The molecule has 1 fully saturated rings. The molecule has 0 N–H and O–H groups in total. The fraction of sp³-hybridized carbons (Fsp3) is 0.211. The van der Waals surface area contributed by atoms with Gasteiger partial charge in [0.15, 0.2) is 0 Å². The van der Waals surface area contributed by atoms with E-state index in [9.17, 15) is 13.2 Å². The highest BCUT2D eigenvalue weighted by Crippen LogP contribution is 2.22. The minimum absolute atomic E-state index is 0.0422. The van der Waals surface area contributed by atoms with Crippen LogP contribution in [-0.4, -0.2) is 55.2 Å². The molecule has 0 aliphatic carbocycles. The second-order valence-electron chi connectivity index (χ2n) is 6.20. The molecular formula is C19H17N3O6S. The lowest BCUT2D eigenvalue weighted by molar-refractivity contribution is 0.0727. The lowest BCUT2D eigenvalue weighted by Crippen LogP contribution is -2.40. The summed E-state index contributed by atoms with van der Waals surface area (Å²) in [4.78, 5) is 12.5. The average molecular weight is 415 g/mol. The number of benzene rings is 2. The Morgan fingerprint density at radius 1 is 1.07 bits per heavy atom. The smallest absolute Gasteiger partial charge is 0.343 e. The van der Waals surface area contributed by atoms with Gasteiger partial charge in [0.2, 0.25) is 22.3 Å². The number of morpholine rings is 1. The lowest BCUT2D eigenvalue weighted by Gasteiger charge is -2.26. The Morgan fingerprint density at radius 3 is 2.52 bits per heavy atom. The van der Waals surface area contributed by atoms with E-state index in [4.69, 9.17) is 13.9 Å². The summed E-state index contributed by atoms with van der Waals surface area (Å²) in [6.07, 6.45) is 1.22. The summed E-state index contributed by atoms with van der Waals surface area (Å²) in [6, 6.07) is 12.3. The monoisotopic (exact) mass is 415 g/mol. The molecule has 0 saturated carbocycles.